The molecule has 0 bridgehead atoms. The molecule has 0 aliphatic carbocycles. The van der Waals surface area contributed by atoms with Gasteiger partial charge in [-0.05, 0) is 12.1 Å². The highest BCUT2D eigenvalue weighted by molar-refractivity contribution is 5.55. The summed E-state index contributed by atoms with van der Waals surface area (Å²) in [5.74, 6) is 0.724. The number of hydrogen-bond donors (Lipinski definition) is 1. The quantitative estimate of drug-likeness (QED) is 0.706. The number of ether oxygens (including phenoxy) is 1. The molecule has 0 saturated heterocycles. The van der Waals surface area contributed by atoms with Crippen molar-refractivity contribution in [1.82, 2.24) is 4.98 Å². The van der Waals surface area contributed by atoms with Gasteiger partial charge in [0.2, 0.25) is 5.88 Å². The van der Waals surface area contributed by atoms with Crippen LogP contribution in [0.5, 0.6) is 5.88 Å². The van der Waals surface area contributed by atoms with Crippen LogP contribution in [0.1, 0.15) is 0 Å². The van der Waals surface area contributed by atoms with Crippen molar-refractivity contribution < 1.29 is 4.74 Å². The van der Waals surface area contributed by atoms with Gasteiger partial charge in [-0.15, -0.1) is 0 Å². The van der Waals surface area contributed by atoms with Crippen molar-refractivity contribution >= 4 is 5.69 Å². The largest absolute Gasteiger partial charge is 0.474 e. The Bertz CT molecular complexity index is 290. The lowest BCUT2D eigenvalue weighted by Crippen LogP contribution is -2.36. The van der Waals surface area contributed by atoms with Gasteiger partial charge in [0.1, 0.15) is 12.3 Å². The van der Waals surface area contributed by atoms with E-state index in [1.807, 2.05) is 12.1 Å². The average Bonchev–Trinajstić information content (AvgIpc) is 2.19. The summed E-state index contributed by atoms with van der Waals surface area (Å²) in [6.45, 7) is 3.12. The highest BCUT2D eigenvalue weighted by Crippen LogP contribution is 2.27. The smallest absolute Gasteiger partial charge is 0.237 e. The maximum absolute atomic E-state index is 5.51. The van der Waals surface area contributed by atoms with E-state index in [0.717, 1.165) is 24.7 Å². The van der Waals surface area contributed by atoms with Gasteiger partial charge >= 0.3 is 0 Å². The molecule has 4 nitrogen and oxygen atoms in total. The third-order valence-electron chi connectivity index (χ3n) is 2.09. The van der Waals surface area contributed by atoms with Crippen LogP contribution in [-0.4, -0.2) is 31.2 Å². The molecule has 0 atom stereocenters. The number of hydrogen-bond acceptors (Lipinski definition) is 4. The van der Waals surface area contributed by atoms with Crippen LogP contribution >= 0.6 is 0 Å². The van der Waals surface area contributed by atoms with Crippen LogP contribution in [0, 0.1) is 0 Å². The molecule has 0 aromatic carbocycles. The van der Waals surface area contributed by atoms with Gasteiger partial charge in [-0.3, -0.25) is 0 Å². The first kappa shape index (κ1) is 8.31. The molecule has 4 heteroatoms. The van der Waals surface area contributed by atoms with Gasteiger partial charge in [0.05, 0.1) is 6.54 Å². The normalized spacial score (nSPS) is 15.0. The lowest BCUT2D eigenvalue weighted by Gasteiger charge is -2.29. The summed E-state index contributed by atoms with van der Waals surface area (Å²) in [6.07, 6.45) is 1.74. The maximum atomic E-state index is 5.51. The Balaban J connectivity index is 2.26. The molecule has 0 fully saturated rings. The highest BCUT2D eigenvalue weighted by atomic mass is 16.5. The van der Waals surface area contributed by atoms with Crippen molar-refractivity contribution in [3.05, 3.63) is 18.3 Å². The number of rotatable bonds is 2. The van der Waals surface area contributed by atoms with Crippen LogP contribution in [0.4, 0.5) is 5.69 Å². The average molecular weight is 179 g/mol. The molecular formula is C9H13N3O. The molecular weight excluding hydrogens is 166 g/mol. The third-order valence-corrected chi connectivity index (χ3v) is 2.09. The van der Waals surface area contributed by atoms with E-state index in [-0.39, 0.29) is 0 Å². The minimum Gasteiger partial charge on any atom is -0.474 e. The molecule has 2 heterocycles. The molecule has 1 aromatic rings. The van der Waals surface area contributed by atoms with Crippen LogP contribution in [-0.2, 0) is 0 Å². The fraction of sp³-hybridized carbons (Fsp3) is 0.444. The van der Waals surface area contributed by atoms with E-state index in [0.29, 0.717) is 13.2 Å². The van der Waals surface area contributed by atoms with Crippen LogP contribution in [0.2, 0.25) is 0 Å². The van der Waals surface area contributed by atoms with E-state index >= 15 is 0 Å². The molecule has 70 valence electrons. The third kappa shape index (κ3) is 1.58. The fourth-order valence-corrected chi connectivity index (χ4v) is 1.50. The standard InChI is InChI=1S/C9H13N3O/c10-3-5-12-6-7-13-9-8(12)2-1-4-11-9/h1-2,4H,3,5-7,10H2. The van der Waals surface area contributed by atoms with Gasteiger partial charge in [0.15, 0.2) is 0 Å². The van der Waals surface area contributed by atoms with Crippen molar-refractivity contribution in [2.45, 2.75) is 0 Å². The molecule has 0 spiro atoms. The van der Waals surface area contributed by atoms with Crippen LogP contribution in [0.25, 0.3) is 0 Å². The zero-order valence-electron chi connectivity index (χ0n) is 7.44. The van der Waals surface area contributed by atoms with E-state index < -0.39 is 0 Å². The summed E-state index contributed by atoms with van der Waals surface area (Å²) >= 11 is 0. The van der Waals surface area contributed by atoms with Gasteiger partial charge in [-0.2, -0.15) is 0 Å². The molecule has 1 aromatic heterocycles. The van der Waals surface area contributed by atoms with Gasteiger partial charge in [0.25, 0.3) is 0 Å². The van der Waals surface area contributed by atoms with Gasteiger partial charge in [0, 0.05) is 19.3 Å². The first-order chi connectivity index (χ1) is 6.42. The Morgan fingerprint density at radius 2 is 2.54 bits per heavy atom. The number of anilines is 1. The van der Waals surface area contributed by atoms with Gasteiger partial charge < -0.3 is 15.4 Å². The van der Waals surface area contributed by atoms with Crippen molar-refractivity contribution in [3.63, 3.8) is 0 Å². The SMILES string of the molecule is NCCN1CCOc2ncccc21. The second kappa shape index (κ2) is 3.62. The lowest BCUT2D eigenvalue weighted by molar-refractivity contribution is 0.295. The fourth-order valence-electron chi connectivity index (χ4n) is 1.50. The Hall–Kier alpha value is -1.29. The molecule has 1 aliphatic rings. The zero-order valence-corrected chi connectivity index (χ0v) is 7.44. The van der Waals surface area contributed by atoms with Crippen molar-refractivity contribution in [2.75, 3.05) is 31.1 Å². The predicted molar refractivity (Wildman–Crippen MR) is 51.0 cm³/mol. The number of fused-ring (bicyclic) bond motifs is 1. The summed E-state index contributed by atoms with van der Waals surface area (Å²) < 4.78 is 5.41. The molecule has 0 radical (unpaired) electrons. The molecule has 2 N–H and O–H groups in total. The molecule has 0 unspecified atom stereocenters. The monoisotopic (exact) mass is 179 g/mol. The Morgan fingerprint density at radius 3 is 3.38 bits per heavy atom. The zero-order chi connectivity index (χ0) is 9.10. The molecule has 0 saturated carbocycles. The second-order valence-corrected chi connectivity index (χ2v) is 2.95. The van der Waals surface area contributed by atoms with Crippen molar-refractivity contribution in [3.8, 4) is 5.88 Å². The molecule has 13 heavy (non-hydrogen) atoms. The summed E-state index contributed by atoms with van der Waals surface area (Å²) in [5, 5.41) is 0. The number of nitrogens with two attached hydrogens (primary N) is 1. The van der Waals surface area contributed by atoms with Crippen molar-refractivity contribution in [2.24, 2.45) is 5.73 Å². The van der Waals surface area contributed by atoms with Crippen LogP contribution in [0.3, 0.4) is 0 Å². The predicted octanol–water partition coefficient (Wildman–Crippen LogP) is 0.239. The second-order valence-electron chi connectivity index (χ2n) is 2.95. The van der Waals surface area contributed by atoms with Crippen LogP contribution < -0.4 is 15.4 Å². The van der Waals surface area contributed by atoms with Crippen LogP contribution in [0.15, 0.2) is 18.3 Å². The first-order valence-corrected chi connectivity index (χ1v) is 4.44. The highest BCUT2D eigenvalue weighted by Gasteiger charge is 2.17. The summed E-state index contributed by atoms with van der Waals surface area (Å²) in [7, 11) is 0. The minimum atomic E-state index is 0.661. The Labute approximate surface area is 77.3 Å². The maximum Gasteiger partial charge on any atom is 0.237 e. The first-order valence-electron chi connectivity index (χ1n) is 4.44. The summed E-state index contributed by atoms with van der Waals surface area (Å²) in [5.41, 5.74) is 6.57. The molecule has 2 rings (SSSR count). The topological polar surface area (TPSA) is 51.4 Å². The molecule has 0 amide bonds. The van der Waals surface area contributed by atoms with Gasteiger partial charge in [-0.1, -0.05) is 0 Å². The Kier molecular flexibility index (Phi) is 2.31. The lowest BCUT2D eigenvalue weighted by atomic mass is 10.3. The molecule has 1 aliphatic heterocycles. The number of pyridine rings is 1. The Morgan fingerprint density at radius 1 is 1.62 bits per heavy atom. The van der Waals surface area contributed by atoms with Gasteiger partial charge in [-0.25, -0.2) is 4.98 Å². The minimum absolute atomic E-state index is 0.661. The number of aromatic nitrogens is 1. The van der Waals surface area contributed by atoms with E-state index in [9.17, 15) is 0 Å². The number of nitrogens with zero attached hydrogens (tertiary/aromatic N) is 2. The summed E-state index contributed by atoms with van der Waals surface area (Å²) in [4.78, 5) is 6.35. The van der Waals surface area contributed by atoms with Crippen molar-refractivity contribution in [1.29, 1.82) is 0 Å². The van der Waals surface area contributed by atoms with E-state index in [1.54, 1.807) is 6.20 Å². The summed E-state index contributed by atoms with van der Waals surface area (Å²) in [6, 6.07) is 3.92. The van der Waals surface area contributed by atoms with E-state index in [4.69, 9.17) is 10.5 Å². The van der Waals surface area contributed by atoms with E-state index in [2.05, 4.69) is 9.88 Å². The van der Waals surface area contributed by atoms with E-state index in [1.165, 1.54) is 0 Å².